The van der Waals surface area contributed by atoms with Crippen LogP contribution < -0.4 is 14.8 Å². The van der Waals surface area contributed by atoms with Crippen molar-refractivity contribution in [1.82, 2.24) is 10.2 Å². The van der Waals surface area contributed by atoms with E-state index >= 15 is 0 Å². The second-order valence-corrected chi connectivity index (χ2v) is 8.26. The number of likely N-dealkylation sites (N-methyl/N-ethyl adjacent to an activating group) is 1. The van der Waals surface area contributed by atoms with E-state index in [1.807, 2.05) is 30.1 Å². The zero-order valence-corrected chi connectivity index (χ0v) is 15.1. The molecule has 0 aliphatic carbocycles. The maximum absolute atomic E-state index is 12.0. The highest BCUT2D eigenvalue weighted by atomic mass is 32.2. The van der Waals surface area contributed by atoms with E-state index in [0.717, 1.165) is 5.56 Å². The van der Waals surface area contributed by atoms with Crippen molar-refractivity contribution in [2.75, 3.05) is 39.3 Å². The summed E-state index contributed by atoms with van der Waals surface area (Å²) in [6.45, 7) is 0.766. The average molecular weight is 356 g/mol. The minimum atomic E-state index is -2.99. The van der Waals surface area contributed by atoms with Crippen LogP contribution in [0.3, 0.4) is 0 Å². The summed E-state index contributed by atoms with van der Waals surface area (Å²) in [6.07, 6.45) is 0.494. The van der Waals surface area contributed by atoms with Crippen molar-refractivity contribution >= 4 is 15.7 Å². The van der Waals surface area contributed by atoms with Crippen molar-refractivity contribution in [3.05, 3.63) is 23.8 Å². The summed E-state index contributed by atoms with van der Waals surface area (Å²) >= 11 is 0. The van der Waals surface area contributed by atoms with Crippen LogP contribution in [0.25, 0.3) is 0 Å². The van der Waals surface area contributed by atoms with Crippen LogP contribution in [-0.4, -0.2) is 64.6 Å². The molecule has 2 rings (SSSR count). The van der Waals surface area contributed by atoms with E-state index < -0.39 is 9.84 Å². The van der Waals surface area contributed by atoms with Crippen molar-refractivity contribution in [3.63, 3.8) is 0 Å². The Bertz CT molecular complexity index is 690. The quantitative estimate of drug-likeness (QED) is 0.763. The molecule has 1 N–H and O–H groups in total. The van der Waals surface area contributed by atoms with E-state index in [9.17, 15) is 13.2 Å². The lowest BCUT2D eigenvalue weighted by molar-refractivity contribution is -0.122. The van der Waals surface area contributed by atoms with Crippen LogP contribution in [0.4, 0.5) is 0 Å². The van der Waals surface area contributed by atoms with Gasteiger partial charge in [0.05, 0.1) is 32.3 Å². The first kappa shape index (κ1) is 18.5. The molecule has 1 aromatic rings. The molecule has 0 aromatic heterocycles. The molecule has 8 heteroatoms. The fourth-order valence-corrected chi connectivity index (χ4v) is 4.45. The van der Waals surface area contributed by atoms with Crippen molar-refractivity contribution < 1.29 is 22.7 Å². The van der Waals surface area contributed by atoms with E-state index in [1.165, 1.54) is 0 Å². The molecule has 24 heavy (non-hydrogen) atoms. The van der Waals surface area contributed by atoms with Gasteiger partial charge in [0.15, 0.2) is 21.3 Å². The van der Waals surface area contributed by atoms with E-state index in [4.69, 9.17) is 9.47 Å². The highest BCUT2D eigenvalue weighted by Crippen LogP contribution is 2.27. The predicted octanol–water partition coefficient (Wildman–Crippen LogP) is 0.439. The second kappa shape index (κ2) is 7.85. The zero-order chi connectivity index (χ0) is 17.7. The summed E-state index contributed by atoms with van der Waals surface area (Å²) in [5.74, 6) is 1.32. The molecule has 134 valence electrons. The number of sulfone groups is 1. The van der Waals surface area contributed by atoms with Crippen LogP contribution in [-0.2, 0) is 21.2 Å². The van der Waals surface area contributed by atoms with Gasteiger partial charge < -0.3 is 14.8 Å². The third-order valence-corrected chi connectivity index (χ3v) is 5.68. The van der Waals surface area contributed by atoms with Gasteiger partial charge in [0.25, 0.3) is 0 Å². The third kappa shape index (κ3) is 5.10. The average Bonchev–Trinajstić information content (AvgIpc) is 2.85. The van der Waals surface area contributed by atoms with Crippen molar-refractivity contribution in [3.8, 4) is 11.5 Å². The van der Waals surface area contributed by atoms with Gasteiger partial charge in [-0.2, -0.15) is 0 Å². The molecule has 0 bridgehead atoms. The molecule has 1 saturated heterocycles. The summed E-state index contributed by atoms with van der Waals surface area (Å²) in [4.78, 5) is 13.9. The molecule has 1 aliphatic rings. The maximum atomic E-state index is 12.0. The van der Waals surface area contributed by atoms with Gasteiger partial charge >= 0.3 is 0 Å². The fraction of sp³-hybridized carbons (Fsp3) is 0.562. The monoisotopic (exact) mass is 356 g/mol. The number of benzene rings is 1. The van der Waals surface area contributed by atoms with Gasteiger partial charge in [0.2, 0.25) is 5.91 Å². The van der Waals surface area contributed by atoms with Gasteiger partial charge in [0, 0.05) is 12.6 Å². The summed E-state index contributed by atoms with van der Waals surface area (Å²) in [5.41, 5.74) is 0.992. The summed E-state index contributed by atoms with van der Waals surface area (Å²) in [5, 5.41) is 2.79. The lowest BCUT2D eigenvalue weighted by Gasteiger charge is -2.19. The molecule has 1 amide bonds. The second-order valence-electron chi connectivity index (χ2n) is 6.03. The lowest BCUT2D eigenvalue weighted by Crippen LogP contribution is -2.41. The van der Waals surface area contributed by atoms with Crippen molar-refractivity contribution in [2.24, 2.45) is 0 Å². The Hall–Kier alpha value is -1.80. The summed E-state index contributed by atoms with van der Waals surface area (Å²) in [6, 6.07) is 5.35. The van der Waals surface area contributed by atoms with E-state index in [0.29, 0.717) is 24.5 Å². The first-order valence-electron chi connectivity index (χ1n) is 7.72. The van der Waals surface area contributed by atoms with Gasteiger partial charge in [-0.3, -0.25) is 9.69 Å². The largest absolute Gasteiger partial charge is 0.493 e. The molecule has 0 radical (unpaired) electrons. The van der Waals surface area contributed by atoms with Crippen LogP contribution >= 0.6 is 0 Å². The highest BCUT2D eigenvalue weighted by Gasteiger charge is 2.28. The predicted molar refractivity (Wildman–Crippen MR) is 91.1 cm³/mol. The van der Waals surface area contributed by atoms with Crippen LogP contribution in [0.5, 0.6) is 11.5 Å². The summed E-state index contributed by atoms with van der Waals surface area (Å²) in [7, 11) is 2.01. The Kier molecular flexibility index (Phi) is 6.06. The smallest absolute Gasteiger partial charge is 0.234 e. The Labute approximate surface area is 142 Å². The number of carbonyl (C=O) groups excluding carboxylic acids is 1. The molecule has 1 atom stereocenters. The van der Waals surface area contributed by atoms with Gasteiger partial charge in [-0.05, 0) is 31.2 Å². The number of hydrogen-bond acceptors (Lipinski definition) is 6. The number of methoxy groups -OCH3 is 2. The normalized spacial score (nSPS) is 19.2. The number of nitrogens with one attached hydrogen (secondary N) is 1. The molecule has 1 fully saturated rings. The van der Waals surface area contributed by atoms with E-state index in [2.05, 4.69) is 5.32 Å². The molecule has 0 saturated carbocycles. The van der Waals surface area contributed by atoms with E-state index in [1.54, 1.807) is 14.2 Å². The number of rotatable bonds is 7. The van der Waals surface area contributed by atoms with Gasteiger partial charge in [-0.25, -0.2) is 8.42 Å². The zero-order valence-electron chi connectivity index (χ0n) is 14.2. The molecule has 7 nitrogen and oxygen atoms in total. The SMILES string of the molecule is COc1ccc(CN(C)CC(=O)N[C@H]2CCS(=O)(=O)C2)cc1OC. The van der Waals surface area contributed by atoms with Crippen LogP contribution in [0.2, 0.25) is 0 Å². The number of carbonyl (C=O) groups is 1. The molecular weight excluding hydrogens is 332 g/mol. The number of hydrogen-bond donors (Lipinski definition) is 1. The van der Waals surface area contributed by atoms with Crippen molar-refractivity contribution in [1.29, 1.82) is 0 Å². The topological polar surface area (TPSA) is 84.9 Å². The van der Waals surface area contributed by atoms with Gasteiger partial charge in [-0.1, -0.05) is 6.07 Å². The highest BCUT2D eigenvalue weighted by molar-refractivity contribution is 7.91. The number of nitrogens with zero attached hydrogens (tertiary/aromatic N) is 1. The van der Waals surface area contributed by atoms with E-state index in [-0.39, 0.29) is 30.0 Å². The van der Waals surface area contributed by atoms with Crippen LogP contribution in [0.1, 0.15) is 12.0 Å². The number of amides is 1. The van der Waals surface area contributed by atoms with Crippen LogP contribution in [0.15, 0.2) is 18.2 Å². The molecule has 1 aromatic carbocycles. The Morgan fingerprint density at radius 2 is 2.00 bits per heavy atom. The Balaban J connectivity index is 1.86. The minimum absolute atomic E-state index is 0.0398. The summed E-state index contributed by atoms with van der Waals surface area (Å²) < 4.78 is 33.3. The van der Waals surface area contributed by atoms with Crippen LogP contribution in [0, 0.1) is 0 Å². The first-order valence-corrected chi connectivity index (χ1v) is 9.54. The minimum Gasteiger partial charge on any atom is -0.493 e. The maximum Gasteiger partial charge on any atom is 0.234 e. The standard InChI is InChI=1S/C16H24N2O5S/c1-18(9-12-4-5-14(22-2)15(8-12)23-3)10-16(19)17-13-6-7-24(20,21)11-13/h4-5,8,13H,6-7,9-11H2,1-3H3,(H,17,19)/t13-/m0/s1. The van der Waals surface area contributed by atoms with Gasteiger partial charge in [-0.15, -0.1) is 0 Å². The molecule has 1 heterocycles. The lowest BCUT2D eigenvalue weighted by atomic mass is 10.2. The molecule has 0 unspecified atom stereocenters. The fourth-order valence-electron chi connectivity index (χ4n) is 2.77. The molecule has 0 spiro atoms. The van der Waals surface area contributed by atoms with Gasteiger partial charge in [0.1, 0.15) is 0 Å². The number of ether oxygens (including phenoxy) is 2. The third-order valence-electron chi connectivity index (χ3n) is 3.91. The Morgan fingerprint density at radius 1 is 1.29 bits per heavy atom. The first-order chi connectivity index (χ1) is 11.3. The van der Waals surface area contributed by atoms with Crippen molar-refractivity contribution in [2.45, 2.75) is 19.0 Å². The Morgan fingerprint density at radius 3 is 2.58 bits per heavy atom. The molecular formula is C16H24N2O5S. The molecule has 1 aliphatic heterocycles.